The van der Waals surface area contributed by atoms with Crippen molar-refractivity contribution in [2.75, 3.05) is 33.2 Å². The lowest BCUT2D eigenvalue weighted by Gasteiger charge is -2.37. The second-order valence-corrected chi connectivity index (χ2v) is 7.16. The number of benzene rings is 1. The molecule has 1 aromatic heterocycles. The molecule has 1 aromatic carbocycles. The van der Waals surface area contributed by atoms with Crippen molar-refractivity contribution in [3.05, 3.63) is 35.3 Å². The van der Waals surface area contributed by atoms with E-state index in [9.17, 15) is 9.18 Å². The minimum absolute atomic E-state index is 0.0230. The van der Waals surface area contributed by atoms with Gasteiger partial charge >= 0.3 is 0 Å². The number of carbonyl (C=O) groups excluding carboxylic acids is 1. The van der Waals surface area contributed by atoms with Gasteiger partial charge in [-0.2, -0.15) is 0 Å². The normalized spacial score (nSPS) is 15.7. The third-order valence-electron chi connectivity index (χ3n) is 5.00. The van der Waals surface area contributed by atoms with Gasteiger partial charge in [0.2, 0.25) is 5.91 Å². The Labute approximate surface area is 159 Å². The Hall–Kier alpha value is -2.57. The molecule has 1 fully saturated rings. The number of nitrogens with one attached hydrogen (secondary N) is 1. The Morgan fingerprint density at radius 2 is 1.93 bits per heavy atom. The predicted molar refractivity (Wildman–Crippen MR) is 104 cm³/mol. The number of piperazine rings is 1. The minimum Gasteiger partial charge on any atom is -0.459 e. The molecule has 27 heavy (non-hydrogen) atoms. The number of aryl methyl sites for hydroxylation is 1. The van der Waals surface area contributed by atoms with Gasteiger partial charge in [0.25, 0.3) is 0 Å². The molecule has 1 aliphatic heterocycles. The van der Waals surface area contributed by atoms with Crippen LogP contribution in [0.1, 0.15) is 25.2 Å². The third kappa shape index (κ3) is 4.07. The number of amides is 1. The SMILES string of the molecule is CN=C(NCc1oc2ccc(F)cc2c1C)N1CCN(C(=O)C(C)C)CC1. The number of hydrogen-bond acceptors (Lipinski definition) is 3. The summed E-state index contributed by atoms with van der Waals surface area (Å²) in [6.45, 7) is 9.13. The highest BCUT2D eigenvalue weighted by atomic mass is 19.1. The highest BCUT2D eigenvalue weighted by molar-refractivity contribution is 5.83. The Kier molecular flexibility index (Phi) is 5.68. The number of carbonyl (C=O) groups is 1. The van der Waals surface area contributed by atoms with Gasteiger partial charge in [0.15, 0.2) is 5.96 Å². The van der Waals surface area contributed by atoms with E-state index in [0.29, 0.717) is 25.2 Å². The smallest absolute Gasteiger partial charge is 0.225 e. The van der Waals surface area contributed by atoms with Crippen LogP contribution in [-0.4, -0.2) is 54.9 Å². The van der Waals surface area contributed by atoms with E-state index in [-0.39, 0.29) is 17.6 Å². The van der Waals surface area contributed by atoms with Crippen LogP contribution < -0.4 is 5.32 Å². The third-order valence-corrected chi connectivity index (χ3v) is 5.00. The molecule has 0 aliphatic carbocycles. The van der Waals surface area contributed by atoms with E-state index >= 15 is 0 Å². The molecule has 7 heteroatoms. The summed E-state index contributed by atoms with van der Waals surface area (Å²) in [7, 11) is 1.74. The summed E-state index contributed by atoms with van der Waals surface area (Å²) in [6.07, 6.45) is 0. The van der Waals surface area contributed by atoms with E-state index < -0.39 is 0 Å². The van der Waals surface area contributed by atoms with Crippen LogP contribution in [-0.2, 0) is 11.3 Å². The van der Waals surface area contributed by atoms with Crippen molar-refractivity contribution < 1.29 is 13.6 Å². The zero-order chi connectivity index (χ0) is 19.6. The van der Waals surface area contributed by atoms with Crippen LogP contribution in [0.4, 0.5) is 4.39 Å². The van der Waals surface area contributed by atoms with Gasteiger partial charge in [-0.1, -0.05) is 13.8 Å². The van der Waals surface area contributed by atoms with E-state index in [1.54, 1.807) is 13.1 Å². The van der Waals surface area contributed by atoms with Crippen molar-refractivity contribution >= 4 is 22.8 Å². The molecule has 3 rings (SSSR count). The minimum atomic E-state index is -0.268. The van der Waals surface area contributed by atoms with Crippen LogP contribution in [0.25, 0.3) is 11.0 Å². The lowest BCUT2D eigenvalue weighted by Crippen LogP contribution is -2.54. The molecule has 0 bridgehead atoms. The average Bonchev–Trinajstić information content (AvgIpc) is 2.97. The summed E-state index contributed by atoms with van der Waals surface area (Å²) in [5, 5.41) is 4.12. The summed E-state index contributed by atoms with van der Waals surface area (Å²) >= 11 is 0. The molecule has 6 nitrogen and oxygen atoms in total. The molecule has 0 unspecified atom stereocenters. The van der Waals surface area contributed by atoms with Crippen LogP contribution in [0, 0.1) is 18.7 Å². The lowest BCUT2D eigenvalue weighted by atomic mass is 10.1. The van der Waals surface area contributed by atoms with Crippen molar-refractivity contribution in [2.24, 2.45) is 10.9 Å². The maximum atomic E-state index is 13.5. The van der Waals surface area contributed by atoms with Crippen molar-refractivity contribution in [3.8, 4) is 0 Å². The number of furan rings is 1. The average molecular weight is 374 g/mol. The molecule has 2 heterocycles. The molecule has 0 spiro atoms. The number of nitrogens with zero attached hydrogens (tertiary/aromatic N) is 3. The molecule has 1 amide bonds. The van der Waals surface area contributed by atoms with Gasteiger partial charge in [0.1, 0.15) is 17.2 Å². The summed E-state index contributed by atoms with van der Waals surface area (Å²) in [5.74, 6) is 1.50. The fourth-order valence-electron chi connectivity index (χ4n) is 3.41. The second kappa shape index (κ2) is 7.98. The van der Waals surface area contributed by atoms with Crippen LogP contribution in [0.5, 0.6) is 0 Å². The molecule has 0 saturated carbocycles. The zero-order valence-corrected chi connectivity index (χ0v) is 16.4. The van der Waals surface area contributed by atoms with Gasteiger partial charge in [-0.05, 0) is 25.1 Å². The van der Waals surface area contributed by atoms with Crippen molar-refractivity contribution in [3.63, 3.8) is 0 Å². The maximum absolute atomic E-state index is 13.5. The maximum Gasteiger partial charge on any atom is 0.225 e. The van der Waals surface area contributed by atoms with Gasteiger partial charge in [0, 0.05) is 50.1 Å². The first-order chi connectivity index (χ1) is 12.9. The Balaban J connectivity index is 1.62. The van der Waals surface area contributed by atoms with Crippen molar-refractivity contribution in [2.45, 2.75) is 27.3 Å². The Morgan fingerprint density at radius 3 is 2.56 bits per heavy atom. The molecule has 0 atom stereocenters. The molecule has 2 aromatic rings. The molecule has 1 N–H and O–H groups in total. The topological polar surface area (TPSA) is 61.1 Å². The first kappa shape index (κ1) is 19.2. The van der Waals surface area contributed by atoms with Gasteiger partial charge < -0.3 is 19.5 Å². The number of aliphatic imine (C=N–C) groups is 1. The van der Waals surface area contributed by atoms with E-state index in [4.69, 9.17) is 4.42 Å². The van der Waals surface area contributed by atoms with E-state index in [0.717, 1.165) is 35.8 Å². The summed E-state index contributed by atoms with van der Waals surface area (Å²) < 4.78 is 19.3. The second-order valence-electron chi connectivity index (χ2n) is 7.16. The van der Waals surface area contributed by atoms with E-state index in [1.807, 2.05) is 25.7 Å². The van der Waals surface area contributed by atoms with Crippen LogP contribution >= 0.6 is 0 Å². The van der Waals surface area contributed by atoms with E-state index in [2.05, 4.69) is 15.2 Å². The largest absolute Gasteiger partial charge is 0.459 e. The highest BCUT2D eigenvalue weighted by Gasteiger charge is 2.24. The van der Waals surface area contributed by atoms with Gasteiger partial charge in [-0.3, -0.25) is 9.79 Å². The fraction of sp³-hybridized carbons (Fsp3) is 0.500. The highest BCUT2D eigenvalue weighted by Crippen LogP contribution is 2.25. The molecular formula is C20H27FN4O2. The number of halogens is 1. The monoisotopic (exact) mass is 374 g/mol. The first-order valence-electron chi connectivity index (χ1n) is 9.32. The first-order valence-corrected chi connectivity index (χ1v) is 9.32. The summed E-state index contributed by atoms with van der Waals surface area (Å²) in [5.41, 5.74) is 1.61. The van der Waals surface area contributed by atoms with Crippen molar-refractivity contribution in [1.29, 1.82) is 0 Å². The molecule has 1 aliphatic rings. The van der Waals surface area contributed by atoms with Crippen LogP contribution in [0.3, 0.4) is 0 Å². The fourth-order valence-corrected chi connectivity index (χ4v) is 3.41. The summed E-state index contributed by atoms with van der Waals surface area (Å²) in [4.78, 5) is 20.5. The number of rotatable bonds is 3. The van der Waals surface area contributed by atoms with E-state index in [1.165, 1.54) is 12.1 Å². The van der Waals surface area contributed by atoms with Gasteiger partial charge in [-0.15, -0.1) is 0 Å². The Bertz CT molecular complexity index is 851. The standard InChI is InChI=1S/C20H27FN4O2/c1-13(2)19(26)24-7-9-25(10-8-24)20(22-4)23-12-18-14(3)16-11-15(21)5-6-17(16)27-18/h5-6,11,13H,7-10,12H2,1-4H3,(H,22,23). The van der Waals surface area contributed by atoms with Crippen LogP contribution in [0.15, 0.2) is 27.6 Å². The quantitative estimate of drug-likeness (QED) is 0.663. The molecule has 1 saturated heterocycles. The lowest BCUT2D eigenvalue weighted by molar-refractivity contribution is -0.135. The molecular weight excluding hydrogens is 347 g/mol. The zero-order valence-electron chi connectivity index (χ0n) is 16.4. The molecule has 146 valence electrons. The van der Waals surface area contributed by atoms with Crippen molar-refractivity contribution in [1.82, 2.24) is 15.1 Å². The van der Waals surface area contributed by atoms with Gasteiger partial charge in [-0.25, -0.2) is 4.39 Å². The van der Waals surface area contributed by atoms with Gasteiger partial charge in [0.05, 0.1) is 6.54 Å². The Morgan fingerprint density at radius 1 is 1.26 bits per heavy atom. The van der Waals surface area contributed by atoms with Crippen LogP contribution in [0.2, 0.25) is 0 Å². The predicted octanol–water partition coefficient (Wildman–Crippen LogP) is 2.76. The number of fused-ring (bicyclic) bond motifs is 1. The number of guanidine groups is 1. The molecule has 0 radical (unpaired) electrons. The summed E-state index contributed by atoms with van der Waals surface area (Å²) in [6, 6.07) is 4.55. The number of hydrogen-bond donors (Lipinski definition) is 1.